The van der Waals surface area contributed by atoms with Crippen LogP contribution in [0.3, 0.4) is 0 Å². The number of carboxylic acid groups (broad SMARTS) is 1. The van der Waals surface area contributed by atoms with Gasteiger partial charge in [0.05, 0.1) is 6.42 Å². The van der Waals surface area contributed by atoms with Crippen LogP contribution < -0.4 is 0 Å². The molecular weight excluding hydrogens is 316 g/mol. The summed E-state index contributed by atoms with van der Waals surface area (Å²) >= 11 is 4.79. The van der Waals surface area contributed by atoms with Crippen LogP contribution in [0, 0.1) is 11.8 Å². The van der Waals surface area contributed by atoms with Gasteiger partial charge in [0.2, 0.25) is 0 Å². The fraction of sp³-hybridized carbons (Fsp3) is 0.952. The second-order valence-corrected chi connectivity index (χ2v) is 9.44. The topological polar surface area (TPSA) is 37.3 Å². The second kappa shape index (κ2) is 14.0. The van der Waals surface area contributed by atoms with E-state index in [2.05, 4.69) is 27.7 Å². The van der Waals surface area contributed by atoms with Gasteiger partial charge in [0.1, 0.15) is 0 Å². The first kappa shape index (κ1) is 23.8. The summed E-state index contributed by atoms with van der Waals surface area (Å²) in [7, 11) is 0. The van der Waals surface area contributed by atoms with Gasteiger partial charge in [-0.05, 0) is 24.7 Å². The lowest BCUT2D eigenvalue weighted by Gasteiger charge is -2.27. The Balaban J connectivity index is 3.96. The Hall–Kier alpha value is -0.180. The van der Waals surface area contributed by atoms with Crippen molar-refractivity contribution < 1.29 is 9.90 Å². The summed E-state index contributed by atoms with van der Waals surface area (Å²) in [6.07, 6.45) is 14.5. The van der Waals surface area contributed by atoms with E-state index in [1.54, 1.807) is 0 Å². The molecule has 3 heteroatoms. The summed E-state index contributed by atoms with van der Waals surface area (Å²) in [6, 6.07) is 0. The van der Waals surface area contributed by atoms with Crippen LogP contribution >= 0.6 is 12.6 Å². The van der Waals surface area contributed by atoms with Crippen LogP contribution in [-0.4, -0.2) is 15.8 Å². The van der Waals surface area contributed by atoms with Gasteiger partial charge in [-0.1, -0.05) is 91.9 Å². The third kappa shape index (κ3) is 15.4. The summed E-state index contributed by atoms with van der Waals surface area (Å²) in [4.78, 5) is 11.2. The van der Waals surface area contributed by atoms with E-state index < -0.39 is 5.97 Å². The van der Waals surface area contributed by atoms with Gasteiger partial charge in [0, 0.05) is 4.75 Å². The largest absolute Gasteiger partial charge is 0.481 e. The first-order valence-electron chi connectivity index (χ1n) is 10.2. The predicted octanol–water partition coefficient (Wildman–Crippen LogP) is 7.12. The number of carboxylic acids is 1. The van der Waals surface area contributed by atoms with Crippen molar-refractivity contribution in [2.24, 2.45) is 11.8 Å². The van der Waals surface area contributed by atoms with Gasteiger partial charge in [-0.3, -0.25) is 4.79 Å². The lowest BCUT2D eigenvalue weighted by molar-refractivity contribution is -0.137. The number of thiol groups is 1. The molecule has 0 heterocycles. The number of rotatable bonds is 16. The van der Waals surface area contributed by atoms with E-state index in [0.717, 1.165) is 37.5 Å². The first-order chi connectivity index (χ1) is 11.2. The molecule has 0 amide bonds. The molecule has 0 aromatic heterocycles. The average Bonchev–Trinajstić information content (AvgIpc) is 2.45. The van der Waals surface area contributed by atoms with E-state index in [4.69, 9.17) is 12.6 Å². The monoisotopic (exact) mass is 358 g/mol. The van der Waals surface area contributed by atoms with Crippen LogP contribution in [0.4, 0.5) is 0 Å². The Morgan fingerprint density at radius 1 is 0.792 bits per heavy atom. The smallest absolute Gasteiger partial charge is 0.304 e. The minimum atomic E-state index is -0.704. The minimum Gasteiger partial charge on any atom is -0.481 e. The van der Waals surface area contributed by atoms with E-state index in [-0.39, 0.29) is 11.2 Å². The predicted molar refractivity (Wildman–Crippen MR) is 109 cm³/mol. The van der Waals surface area contributed by atoms with Gasteiger partial charge in [-0.2, -0.15) is 12.6 Å². The highest BCUT2D eigenvalue weighted by molar-refractivity contribution is 7.81. The molecule has 0 fully saturated rings. The van der Waals surface area contributed by atoms with Crippen molar-refractivity contribution in [3.05, 3.63) is 0 Å². The average molecular weight is 359 g/mol. The molecule has 0 aromatic carbocycles. The maximum absolute atomic E-state index is 11.2. The Bertz CT molecular complexity index is 293. The molecule has 0 aliphatic heterocycles. The van der Waals surface area contributed by atoms with Crippen molar-refractivity contribution in [1.29, 1.82) is 0 Å². The van der Waals surface area contributed by atoms with Gasteiger partial charge in [-0.25, -0.2) is 0 Å². The van der Waals surface area contributed by atoms with E-state index >= 15 is 0 Å². The molecule has 0 aliphatic carbocycles. The maximum atomic E-state index is 11.2. The van der Waals surface area contributed by atoms with Crippen LogP contribution in [0.25, 0.3) is 0 Å². The van der Waals surface area contributed by atoms with E-state index in [0.29, 0.717) is 0 Å². The van der Waals surface area contributed by atoms with Crippen molar-refractivity contribution in [3.63, 3.8) is 0 Å². The third-order valence-electron chi connectivity index (χ3n) is 4.83. The van der Waals surface area contributed by atoms with E-state index in [9.17, 15) is 9.90 Å². The Kier molecular flexibility index (Phi) is 13.9. The van der Waals surface area contributed by atoms with Crippen molar-refractivity contribution >= 4 is 18.6 Å². The fourth-order valence-corrected chi connectivity index (χ4v) is 3.76. The van der Waals surface area contributed by atoms with Crippen molar-refractivity contribution in [2.45, 2.75) is 116 Å². The SMILES string of the molecule is CC(C)CCCCCCC(S)(CCCCCCC(C)C)CC(=O)O. The van der Waals surface area contributed by atoms with Gasteiger partial charge >= 0.3 is 5.97 Å². The lowest BCUT2D eigenvalue weighted by atomic mass is 9.90. The number of hydrogen-bond acceptors (Lipinski definition) is 2. The van der Waals surface area contributed by atoms with E-state index in [1.165, 1.54) is 51.4 Å². The Labute approximate surface area is 156 Å². The number of carbonyl (C=O) groups is 1. The zero-order chi connectivity index (χ0) is 18.4. The molecular formula is C21H42O2S. The fourth-order valence-electron chi connectivity index (χ4n) is 3.30. The van der Waals surface area contributed by atoms with Gasteiger partial charge in [-0.15, -0.1) is 0 Å². The van der Waals surface area contributed by atoms with Crippen molar-refractivity contribution in [1.82, 2.24) is 0 Å². The molecule has 0 radical (unpaired) electrons. The van der Waals surface area contributed by atoms with Crippen LogP contribution in [0.1, 0.15) is 111 Å². The molecule has 24 heavy (non-hydrogen) atoms. The van der Waals surface area contributed by atoms with Crippen LogP contribution in [0.2, 0.25) is 0 Å². The van der Waals surface area contributed by atoms with E-state index in [1.807, 2.05) is 0 Å². The van der Waals surface area contributed by atoms with Crippen LogP contribution in [0.5, 0.6) is 0 Å². The van der Waals surface area contributed by atoms with Gasteiger partial charge in [0.15, 0.2) is 0 Å². The Morgan fingerprint density at radius 2 is 1.17 bits per heavy atom. The standard InChI is InChI=1S/C21H42O2S/c1-18(2)13-9-5-7-11-15-21(24,17-20(22)23)16-12-8-6-10-14-19(3)4/h18-19,24H,5-17H2,1-4H3,(H,22,23). The Morgan fingerprint density at radius 3 is 1.50 bits per heavy atom. The highest BCUT2D eigenvalue weighted by Crippen LogP contribution is 2.33. The molecule has 0 aliphatic rings. The van der Waals surface area contributed by atoms with Crippen molar-refractivity contribution in [3.8, 4) is 0 Å². The third-order valence-corrected chi connectivity index (χ3v) is 5.43. The number of hydrogen-bond donors (Lipinski definition) is 2. The highest BCUT2D eigenvalue weighted by atomic mass is 32.1. The molecule has 0 rings (SSSR count). The van der Waals surface area contributed by atoms with Gasteiger partial charge in [0.25, 0.3) is 0 Å². The first-order valence-corrected chi connectivity index (χ1v) is 10.6. The zero-order valence-corrected chi connectivity index (χ0v) is 17.5. The highest BCUT2D eigenvalue weighted by Gasteiger charge is 2.27. The molecule has 0 bridgehead atoms. The summed E-state index contributed by atoms with van der Waals surface area (Å²) in [5.74, 6) is 0.873. The zero-order valence-electron chi connectivity index (χ0n) is 16.6. The second-order valence-electron chi connectivity index (χ2n) is 8.49. The summed E-state index contributed by atoms with van der Waals surface area (Å²) in [5.41, 5.74) is 0. The van der Waals surface area contributed by atoms with Crippen molar-refractivity contribution in [2.75, 3.05) is 0 Å². The minimum absolute atomic E-state index is 0.202. The van der Waals surface area contributed by atoms with Gasteiger partial charge < -0.3 is 5.11 Å². The number of aliphatic carboxylic acids is 1. The van der Waals surface area contributed by atoms with Crippen LogP contribution in [0.15, 0.2) is 0 Å². The lowest BCUT2D eigenvalue weighted by Crippen LogP contribution is -2.25. The normalized spacial score (nSPS) is 12.3. The molecule has 1 N–H and O–H groups in total. The molecule has 2 nitrogen and oxygen atoms in total. The molecule has 0 atom stereocenters. The summed E-state index contributed by atoms with van der Waals surface area (Å²) in [6.45, 7) is 9.08. The molecule has 0 aromatic rings. The quantitative estimate of drug-likeness (QED) is 0.227. The summed E-state index contributed by atoms with van der Waals surface area (Å²) in [5, 5.41) is 9.20. The maximum Gasteiger partial charge on any atom is 0.304 e. The molecule has 0 saturated carbocycles. The number of unbranched alkanes of at least 4 members (excludes halogenated alkanes) is 6. The van der Waals surface area contributed by atoms with Crippen LogP contribution in [-0.2, 0) is 4.79 Å². The molecule has 144 valence electrons. The molecule has 0 saturated heterocycles. The molecule has 0 unspecified atom stereocenters. The molecule has 0 spiro atoms. The summed E-state index contributed by atoms with van der Waals surface area (Å²) < 4.78 is -0.304.